The number of benzene rings is 12. The van der Waals surface area contributed by atoms with Crippen LogP contribution in [0.2, 0.25) is 0 Å². The molecule has 0 nitrogen and oxygen atoms in total. The molecular weight excluding hydrogens is 857 g/mol. The minimum atomic E-state index is 1.13. The molecule has 0 radical (unpaired) electrons. The third kappa shape index (κ3) is 5.61. The number of rotatable bonds is 4. The minimum Gasteiger partial charge on any atom is -0.135 e. The molecule has 0 amide bonds. The lowest BCUT2D eigenvalue weighted by Gasteiger charge is -2.14. The van der Waals surface area contributed by atoms with E-state index in [1.54, 1.807) is 0 Å². The third-order valence-corrected chi connectivity index (χ3v) is 16.9. The first-order chi connectivity index (χ1) is 33.7. The maximum Gasteiger partial charge on any atom is 0.0524 e. The fourth-order valence-electron chi connectivity index (χ4n) is 11.3. The van der Waals surface area contributed by atoms with E-state index in [9.17, 15) is 0 Å². The summed E-state index contributed by atoms with van der Waals surface area (Å²) < 4.78 is 5.17. The molecule has 312 valence electrons. The zero-order valence-electron chi connectivity index (χ0n) is 36.6. The van der Waals surface area contributed by atoms with Gasteiger partial charge in [0.2, 0.25) is 0 Å². The summed E-state index contributed by atoms with van der Waals surface area (Å²) in [6.07, 6.45) is 0. The molecule has 0 saturated carbocycles. The summed E-state index contributed by atoms with van der Waals surface area (Å²) in [4.78, 5) is 0. The van der Waals surface area contributed by atoms with Crippen molar-refractivity contribution in [3.8, 4) is 44.5 Å². The minimum absolute atomic E-state index is 1.13. The Hall–Kier alpha value is -8.32. The van der Waals surface area contributed by atoms with Gasteiger partial charge >= 0.3 is 0 Å². The Bertz CT molecular complexity index is 4590. The van der Waals surface area contributed by atoms with E-state index in [4.69, 9.17) is 0 Å². The summed E-state index contributed by atoms with van der Waals surface area (Å²) in [6, 6.07) is 88.3. The molecule has 15 rings (SSSR count). The van der Waals surface area contributed by atoms with E-state index in [2.05, 4.69) is 231 Å². The van der Waals surface area contributed by atoms with E-state index >= 15 is 0 Å². The predicted molar refractivity (Wildman–Crippen MR) is 297 cm³/mol. The molecule has 68 heavy (non-hydrogen) atoms. The van der Waals surface area contributed by atoms with Gasteiger partial charge in [-0.3, -0.25) is 0 Å². The van der Waals surface area contributed by atoms with Crippen LogP contribution in [0.4, 0.5) is 0 Å². The first kappa shape index (κ1) is 37.9. The molecule has 0 saturated heterocycles. The number of hydrogen-bond acceptors (Lipinski definition) is 2. The summed E-state index contributed by atoms with van der Waals surface area (Å²) in [7, 11) is 0. The fraction of sp³-hybridized carbons (Fsp3) is 0. The number of thiophene rings is 2. The van der Waals surface area contributed by atoms with Gasteiger partial charge in [-0.2, -0.15) is 0 Å². The predicted octanol–water partition coefficient (Wildman–Crippen LogP) is 19.6. The number of hydrogen-bond donors (Lipinski definition) is 0. The monoisotopic (exact) mass is 892 g/mol. The van der Waals surface area contributed by atoms with Crippen LogP contribution in [-0.2, 0) is 0 Å². The molecule has 2 aromatic heterocycles. The second-order valence-electron chi connectivity index (χ2n) is 18.1. The summed E-state index contributed by atoms with van der Waals surface area (Å²) in [5.74, 6) is 0. The molecule has 0 bridgehead atoms. The van der Waals surface area contributed by atoms with Gasteiger partial charge in [0.15, 0.2) is 0 Å². The standard InChI is InChI=1S/C66H36S2/c1-2-16-49-47(14-1)48-15-3-5-18-51(48)61-38-44(28-32-54(49)61)46-22-11-24-58-62-37-42(29-33-64(62)68-66(46)58)41-26-30-53-50-17-4-6-19-52(50)59-35-40(27-31-55(59)60(53)36-41)39-12-9-13-43(34-39)45-21-10-23-57-56-20-7-8-25-63(56)67-65(45)57/h1-10,12-23,25-38H. The van der Waals surface area contributed by atoms with Crippen molar-refractivity contribution in [3.05, 3.63) is 231 Å². The normalized spacial score (nSPS) is 12.0. The van der Waals surface area contributed by atoms with Crippen LogP contribution in [0.25, 0.3) is 149 Å². The van der Waals surface area contributed by atoms with Crippen LogP contribution in [0, 0.1) is 12.1 Å². The van der Waals surface area contributed by atoms with Gasteiger partial charge in [0.1, 0.15) is 0 Å². The Morgan fingerprint density at radius 3 is 1.31 bits per heavy atom. The first-order valence-corrected chi connectivity index (χ1v) is 24.9. The molecule has 0 N–H and O–H groups in total. The average Bonchev–Trinajstić information content (AvgIpc) is 3.99. The Kier molecular flexibility index (Phi) is 8.12. The Balaban J connectivity index is 0.844. The molecule has 0 unspecified atom stereocenters. The van der Waals surface area contributed by atoms with E-state index in [-0.39, 0.29) is 0 Å². The smallest absolute Gasteiger partial charge is 0.0524 e. The van der Waals surface area contributed by atoms with Gasteiger partial charge in [-0.05, 0) is 152 Å². The summed E-state index contributed by atoms with van der Waals surface area (Å²) >= 11 is 3.74. The number of fused-ring (bicyclic) bond motifs is 18. The zero-order chi connectivity index (χ0) is 44.5. The Morgan fingerprint density at radius 2 is 0.662 bits per heavy atom. The first-order valence-electron chi connectivity index (χ1n) is 23.2. The van der Waals surface area contributed by atoms with Crippen LogP contribution in [0.3, 0.4) is 0 Å². The van der Waals surface area contributed by atoms with E-state index in [1.807, 2.05) is 22.7 Å². The molecule has 0 aliphatic rings. The van der Waals surface area contributed by atoms with Crippen molar-refractivity contribution < 1.29 is 0 Å². The fourth-order valence-corrected chi connectivity index (χ4v) is 13.7. The van der Waals surface area contributed by atoms with Crippen LogP contribution in [-0.4, -0.2) is 0 Å². The molecule has 0 fully saturated rings. The van der Waals surface area contributed by atoms with Crippen molar-refractivity contribution in [3.63, 3.8) is 0 Å². The molecule has 0 aliphatic heterocycles. The zero-order valence-corrected chi connectivity index (χ0v) is 38.2. The van der Waals surface area contributed by atoms with Crippen molar-refractivity contribution in [2.75, 3.05) is 0 Å². The summed E-state index contributed by atoms with van der Waals surface area (Å²) in [5, 5.41) is 20.3. The van der Waals surface area contributed by atoms with Crippen molar-refractivity contribution in [2.45, 2.75) is 0 Å². The van der Waals surface area contributed by atoms with E-state index in [0.29, 0.717) is 0 Å². The lowest BCUT2D eigenvalue weighted by Crippen LogP contribution is -1.87. The highest BCUT2D eigenvalue weighted by molar-refractivity contribution is 7.26. The van der Waals surface area contributed by atoms with E-state index < -0.39 is 0 Å². The third-order valence-electron chi connectivity index (χ3n) is 14.5. The van der Waals surface area contributed by atoms with Crippen LogP contribution < -0.4 is 0 Å². The molecule has 0 atom stereocenters. The van der Waals surface area contributed by atoms with Crippen molar-refractivity contribution >= 4 is 128 Å². The molecular formula is C66H36S2. The van der Waals surface area contributed by atoms with Gasteiger partial charge in [-0.25, -0.2) is 0 Å². The molecule has 0 aliphatic carbocycles. The van der Waals surface area contributed by atoms with Crippen LogP contribution in [0.5, 0.6) is 0 Å². The Morgan fingerprint density at radius 1 is 0.250 bits per heavy atom. The summed E-state index contributed by atoms with van der Waals surface area (Å²) in [5.41, 5.74) is 9.77. The second-order valence-corrected chi connectivity index (χ2v) is 20.2. The highest BCUT2D eigenvalue weighted by atomic mass is 32.1. The maximum atomic E-state index is 3.56. The molecule has 15 aromatic rings. The molecule has 13 aromatic carbocycles. The maximum absolute atomic E-state index is 3.56. The average molecular weight is 893 g/mol. The molecule has 2 heteroatoms. The van der Waals surface area contributed by atoms with E-state index in [0.717, 1.165) is 5.39 Å². The SMILES string of the molecule is c1cc(-c2ccc3c4ccccc4c4ccccc4c3c2)c2sc3ccc(-c4ccc5c6ccccc6c6cc(-c7cccc(-c8cccc9c8sc8ccccc89)c7)ccc6c5c4)cc3c2c#1. The largest absolute Gasteiger partial charge is 0.135 e. The van der Waals surface area contributed by atoms with Crippen LogP contribution >= 0.6 is 22.7 Å². The molecule has 0 spiro atoms. The highest BCUT2D eigenvalue weighted by Crippen LogP contribution is 2.45. The van der Waals surface area contributed by atoms with Crippen molar-refractivity contribution in [2.24, 2.45) is 0 Å². The topological polar surface area (TPSA) is 0 Å². The lowest BCUT2D eigenvalue weighted by molar-refractivity contribution is 1.63. The van der Waals surface area contributed by atoms with Gasteiger partial charge in [0, 0.05) is 35.8 Å². The van der Waals surface area contributed by atoms with Gasteiger partial charge in [-0.15, -0.1) is 22.7 Å². The van der Waals surface area contributed by atoms with Crippen LogP contribution in [0.1, 0.15) is 0 Å². The second kappa shape index (κ2) is 14.6. The van der Waals surface area contributed by atoms with Gasteiger partial charge < -0.3 is 0 Å². The summed E-state index contributed by atoms with van der Waals surface area (Å²) in [6.45, 7) is 0. The van der Waals surface area contributed by atoms with E-state index in [1.165, 1.54) is 144 Å². The van der Waals surface area contributed by atoms with Gasteiger partial charge in [0.05, 0.1) is 10.1 Å². The van der Waals surface area contributed by atoms with Crippen LogP contribution in [0.15, 0.2) is 218 Å². The van der Waals surface area contributed by atoms with Crippen molar-refractivity contribution in [1.82, 2.24) is 0 Å². The van der Waals surface area contributed by atoms with Crippen molar-refractivity contribution in [1.29, 1.82) is 0 Å². The lowest BCUT2D eigenvalue weighted by atomic mass is 9.90. The quantitative estimate of drug-likeness (QED) is 0.154. The Labute approximate surface area is 400 Å². The van der Waals surface area contributed by atoms with Gasteiger partial charge in [-0.1, -0.05) is 182 Å². The molecule has 2 heterocycles. The van der Waals surface area contributed by atoms with Gasteiger partial charge in [0.25, 0.3) is 0 Å². The highest BCUT2D eigenvalue weighted by Gasteiger charge is 2.17.